The van der Waals surface area contributed by atoms with E-state index in [0.29, 0.717) is 24.5 Å². The van der Waals surface area contributed by atoms with Crippen molar-refractivity contribution in [2.24, 2.45) is 0 Å². The van der Waals surface area contributed by atoms with Crippen molar-refractivity contribution in [3.05, 3.63) is 53.9 Å². The maximum atomic E-state index is 12.2. The Bertz CT molecular complexity index is 921. The van der Waals surface area contributed by atoms with Crippen LogP contribution in [0.4, 0.5) is 0 Å². The van der Waals surface area contributed by atoms with Crippen LogP contribution in [-0.4, -0.2) is 29.0 Å². The third-order valence-corrected chi connectivity index (χ3v) is 3.97. The highest BCUT2D eigenvalue weighted by atomic mass is 16.5. The molecule has 2 heterocycles. The molecule has 1 amide bonds. The molecule has 0 atom stereocenters. The average Bonchev–Trinajstić information content (AvgIpc) is 2.76. The third-order valence-electron chi connectivity index (χ3n) is 3.97. The van der Waals surface area contributed by atoms with Crippen molar-refractivity contribution >= 4 is 16.9 Å². The molecule has 114 valence electrons. The number of aryl methyl sites for hydroxylation is 1. The number of nitrogens with zero attached hydrogens (tertiary/aromatic N) is 2. The molecule has 0 saturated carbocycles. The van der Waals surface area contributed by atoms with Crippen LogP contribution in [0, 0.1) is 6.92 Å². The van der Waals surface area contributed by atoms with Gasteiger partial charge in [-0.05, 0) is 47.9 Å². The summed E-state index contributed by atoms with van der Waals surface area (Å²) >= 11 is 0. The molecule has 2 aromatic carbocycles. The highest BCUT2D eigenvalue weighted by Gasteiger charge is 2.17. The topological polar surface area (TPSA) is 64.1 Å². The molecule has 4 rings (SSSR count). The zero-order valence-electron chi connectivity index (χ0n) is 12.7. The fourth-order valence-electron chi connectivity index (χ4n) is 2.85. The van der Waals surface area contributed by atoms with Crippen LogP contribution < -0.4 is 10.1 Å². The summed E-state index contributed by atoms with van der Waals surface area (Å²) in [6.45, 7) is 3.02. The summed E-state index contributed by atoms with van der Waals surface area (Å²) in [4.78, 5) is 20.9. The van der Waals surface area contributed by atoms with Crippen LogP contribution in [0.3, 0.4) is 0 Å². The first-order valence-electron chi connectivity index (χ1n) is 7.49. The minimum Gasteiger partial charge on any atom is -0.491 e. The molecule has 0 saturated heterocycles. The first kappa shape index (κ1) is 13.7. The lowest BCUT2D eigenvalue weighted by Crippen LogP contribution is -2.24. The van der Waals surface area contributed by atoms with Crippen LogP contribution in [0.15, 0.2) is 42.7 Å². The Labute approximate surface area is 133 Å². The van der Waals surface area contributed by atoms with Gasteiger partial charge in [-0.25, -0.2) is 0 Å². The van der Waals surface area contributed by atoms with Crippen molar-refractivity contribution in [2.45, 2.75) is 6.92 Å². The number of aromatic nitrogens is 2. The molecule has 23 heavy (non-hydrogen) atoms. The number of hydrogen-bond acceptors (Lipinski definition) is 4. The van der Waals surface area contributed by atoms with Gasteiger partial charge in [0, 0.05) is 12.4 Å². The standard InChI is InChI=1S/C18H15N3O2/c1-11-8-13(10-15-17(11)20-5-4-19-15)12-2-3-16-14(9-12)18(22)21-6-7-23-16/h2-5,8-10H,6-7H2,1H3,(H,21,22). The maximum absolute atomic E-state index is 12.2. The van der Waals surface area contributed by atoms with Crippen molar-refractivity contribution in [3.8, 4) is 16.9 Å². The summed E-state index contributed by atoms with van der Waals surface area (Å²) in [7, 11) is 0. The zero-order chi connectivity index (χ0) is 15.8. The number of benzene rings is 2. The van der Waals surface area contributed by atoms with Gasteiger partial charge in [0.25, 0.3) is 5.91 Å². The highest BCUT2D eigenvalue weighted by Crippen LogP contribution is 2.30. The van der Waals surface area contributed by atoms with Gasteiger partial charge < -0.3 is 10.1 Å². The first-order valence-corrected chi connectivity index (χ1v) is 7.49. The minimum atomic E-state index is -0.100. The molecular weight excluding hydrogens is 290 g/mol. The average molecular weight is 305 g/mol. The van der Waals surface area contributed by atoms with E-state index in [9.17, 15) is 4.79 Å². The summed E-state index contributed by atoms with van der Waals surface area (Å²) < 4.78 is 5.60. The van der Waals surface area contributed by atoms with Crippen LogP contribution in [0.5, 0.6) is 5.75 Å². The van der Waals surface area contributed by atoms with E-state index in [-0.39, 0.29) is 5.91 Å². The molecule has 0 bridgehead atoms. The molecule has 1 aliphatic rings. The number of nitrogens with one attached hydrogen (secondary N) is 1. The Kier molecular flexibility index (Phi) is 3.19. The molecule has 5 heteroatoms. The molecule has 0 unspecified atom stereocenters. The Morgan fingerprint density at radius 1 is 1.09 bits per heavy atom. The van der Waals surface area contributed by atoms with Gasteiger partial charge in [0.05, 0.1) is 23.1 Å². The fourth-order valence-corrected chi connectivity index (χ4v) is 2.85. The lowest BCUT2D eigenvalue weighted by molar-refractivity contribution is 0.0957. The van der Waals surface area contributed by atoms with Crippen LogP contribution in [0.2, 0.25) is 0 Å². The van der Waals surface area contributed by atoms with E-state index in [0.717, 1.165) is 27.7 Å². The monoisotopic (exact) mass is 305 g/mol. The summed E-state index contributed by atoms with van der Waals surface area (Å²) in [5.41, 5.74) is 5.33. The van der Waals surface area contributed by atoms with E-state index in [1.54, 1.807) is 12.4 Å². The number of fused-ring (bicyclic) bond motifs is 2. The number of carbonyl (C=O) groups excluding carboxylic acids is 1. The number of hydrogen-bond donors (Lipinski definition) is 1. The molecule has 0 fully saturated rings. The fraction of sp³-hybridized carbons (Fsp3) is 0.167. The Balaban J connectivity index is 1.86. The predicted molar refractivity (Wildman–Crippen MR) is 87.5 cm³/mol. The van der Waals surface area contributed by atoms with Crippen LogP contribution >= 0.6 is 0 Å². The first-order chi connectivity index (χ1) is 11.2. The van der Waals surface area contributed by atoms with Crippen molar-refractivity contribution < 1.29 is 9.53 Å². The zero-order valence-corrected chi connectivity index (χ0v) is 12.7. The van der Waals surface area contributed by atoms with Gasteiger partial charge >= 0.3 is 0 Å². The van der Waals surface area contributed by atoms with Crippen LogP contribution in [-0.2, 0) is 0 Å². The Hall–Kier alpha value is -2.95. The smallest absolute Gasteiger partial charge is 0.255 e. The lowest BCUT2D eigenvalue weighted by Gasteiger charge is -2.10. The molecule has 1 aromatic heterocycles. The van der Waals surface area contributed by atoms with Crippen LogP contribution in [0.1, 0.15) is 15.9 Å². The van der Waals surface area contributed by atoms with Crippen molar-refractivity contribution in [1.82, 2.24) is 15.3 Å². The summed E-state index contributed by atoms with van der Waals surface area (Å²) in [5.74, 6) is 0.526. The molecule has 0 spiro atoms. The van der Waals surface area contributed by atoms with E-state index >= 15 is 0 Å². The maximum Gasteiger partial charge on any atom is 0.255 e. The molecule has 1 N–H and O–H groups in total. The number of ether oxygens (including phenoxy) is 1. The predicted octanol–water partition coefficient (Wildman–Crippen LogP) is 2.73. The second kappa shape index (κ2) is 5.35. The van der Waals surface area contributed by atoms with Gasteiger partial charge in [-0.2, -0.15) is 0 Å². The normalized spacial score (nSPS) is 13.9. The largest absolute Gasteiger partial charge is 0.491 e. The third kappa shape index (κ3) is 2.40. The van der Waals surface area contributed by atoms with Gasteiger partial charge in [-0.3, -0.25) is 14.8 Å². The summed E-state index contributed by atoms with van der Waals surface area (Å²) in [5, 5.41) is 2.83. The van der Waals surface area contributed by atoms with Gasteiger partial charge in [0.2, 0.25) is 0 Å². The quantitative estimate of drug-likeness (QED) is 0.751. The van der Waals surface area contributed by atoms with E-state index in [1.807, 2.05) is 31.2 Å². The van der Waals surface area contributed by atoms with Gasteiger partial charge in [-0.1, -0.05) is 6.07 Å². The van der Waals surface area contributed by atoms with E-state index in [2.05, 4.69) is 21.4 Å². The van der Waals surface area contributed by atoms with Gasteiger partial charge in [0.15, 0.2) is 0 Å². The minimum absolute atomic E-state index is 0.100. The highest BCUT2D eigenvalue weighted by molar-refractivity contribution is 5.98. The van der Waals surface area contributed by atoms with Crippen molar-refractivity contribution in [3.63, 3.8) is 0 Å². The van der Waals surface area contributed by atoms with Crippen LogP contribution in [0.25, 0.3) is 22.2 Å². The second-order valence-corrected chi connectivity index (χ2v) is 5.53. The van der Waals surface area contributed by atoms with E-state index in [1.165, 1.54) is 0 Å². The lowest BCUT2D eigenvalue weighted by atomic mass is 9.99. The number of amides is 1. The molecule has 1 aliphatic heterocycles. The number of carbonyl (C=O) groups is 1. The van der Waals surface area contributed by atoms with Gasteiger partial charge in [0.1, 0.15) is 12.4 Å². The molecule has 5 nitrogen and oxygen atoms in total. The molecule has 0 aliphatic carbocycles. The van der Waals surface area contributed by atoms with Crippen molar-refractivity contribution in [2.75, 3.05) is 13.2 Å². The molecule has 3 aromatic rings. The Morgan fingerprint density at radius 3 is 2.87 bits per heavy atom. The SMILES string of the molecule is Cc1cc(-c2ccc3c(c2)C(=O)NCCO3)cc2nccnc12. The second-order valence-electron chi connectivity index (χ2n) is 5.53. The number of rotatable bonds is 1. The summed E-state index contributed by atoms with van der Waals surface area (Å²) in [6.07, 6.45) is 3.38. The molecule has 0 radical (unpaired) electrons. The van der Waals surface area contributed by atoms with E-state index < -0.39 is 0 Å². The molecular formula is C18H15N3O2. The van der Waals surface area contributed by atoms with Crippen molar-refractivity contribution in [1.29, 1.82) is 0 Å². The van der Waals surface area contributed by atoms with Gasteiger partial charge in [-0.15, -0.1) is 0 Å². The van der Waals surface area contributed by atoms with E-state index in [4.69, 9.17) is 4.74 Å². The summed E-state index contributed by atoms with van der Waals surface area (Å²) in [6, 6.07) is 9.74. The Morgan fingerprint density at radius 2 is 1.96 bits per heavy atom.